The molecule has 0 aliphatic carbocycles. The first kappa shape index (κ1) is 12.2. The van der Waals surface area contributed by atoms with Crippen molar-refractivity contribution >= 4 is 0 Å². The minimum Gasteiger partial charge on any atom is -0.494 e. The molecule has 1 unspecified atom stereocenters. The van der Waals surface area contributed by atoms with Crippen LogP contribution in [0.5, 0.6) is 5.75 Å². The van der Waals surface area contributed by atoms with E-state index in [4.69, 9.17) is 4.74 Å². The summed E-state index contributed by atoms with van der Waals surface area (Å²) in [5.41, 5.74) is 3.55. The molecule has 1 N–H and O–H groups in total. The van der Waals surface area contributed by atoms with Crippen LogP contribution in [-0.2, 0) is 6.54 Å². The molecule has 1 heterocycles. The zero-order valence-electron chi connectivity index (χ0n) is 10.8. The van der Waals surface area contributed by atoms with Crippen LogP contribution in [-0.4, -0.2) is 13.7 Å². The lowest BCUT2D eigenvalue weighted by Gasteiger charge is -2.27. The van der Waals surface area contributed by atoms with E-state index in [1.165, 1.54) is 18.2 Å². The second-order valence-corrected chi connectivity index (χ2v) is 4.78. The molecular weight excluding hydrogens is 241 g/mol. The van der Waals surface area contributed by atoms with Gasteiger partial charge in [-0.3, -0.25) is 0 Å². The lowest BCUT2D eigenvalue weighted by Crippen LogP contribution is -2.28. The average molecular weight is 257 g/mol. The minimum absolute atomic E-state index is 0.199. The maximum atomic E-state index is 13.8. The highest BCUT2D eigenvalue weighted by Crippen LogP contribution is 2.31. The molecule has 0 saturated carbocycles. The van der Waals surface area contributed by atoms with Crippen LogP contribution < -0.4 is 10.1 Å². The Bertz CT molecular complexity index is 597. The number of hydrogen-bond donors (Lipinski definition) is 1. The number of ether oxygens (including phenoxy) is 1. The average Bonchev–Trinajstić information content (AvgIpc) is 2.46. The van der Waals surface area contributed by atoms with Gasteiger partial charge in [-0.25, -0.2) is 4.39 Å². The van der Waals surface area contributed by atoms with E-state index in [1.54, 1.807) is 12.1 Å². The monoisotopic (exact) mass is 257 g/mol. The number of methoxy groups -OCH3 is 1. The molecule has 0 bridgehead atoms. The number of nitrogens with one attached hydrogen (secondary N) is 1. The highest BCUT2D eigenvalue weighted by Gasteiger charge is 2.21. The molecule has 2 aromatic carbocycles. The fourth-order valence-electron chi connectivity index (χ4n) is 2.69. The Labute approximate surface area is 112 Å². The first-order valence-corrected chi connectivity index (χ1v) is 6.41. The van der Waals surface area contributed by atoms with Gasteiger partial charge in [0.05, 0.1) is 7.11 Å². The molecule has 0 fully saturated rings. The summed E-state index contributed by atoms with van der Waals surface area (Å²) in [6.07, 6.45) is 0. The molecule has 98 valence electrons. The van der Waals surface area contributed by atoms with Gasteiger partial charge in [-0.15, -0.1) is 0 Å². The Morgan fingerprint density at radius 2 is 2.05 bits per heavy atom. The lowest BCUT2D eigenvalue weighted by atomic mass is 9.85. The Balaban J connectivity index is 2.02. The number of halogens is 1. The molecule has 0 saturated heterocycles. The SMILES string of the molecule is COc1ccc(C2CNCc3ccccc32)cc1F. The van der Waals surface area contributed by atoms with Crippen LogP contribution in [0.15, 0.2) is 42.5 Å². The van der Waals surface area contributed by atoms with Gasteiger partial charge in [-0.1, -0.05) is 30.3 Å². The van der Waals surface area contributed by atoms with Crippen LogP contribution >= 0.6 is 0 Å². The third-order valence-electron chi connectivity index (χ3n) is 3.67. The molecule has 0 radical (unpaired) electrons. The summed E-state index contributed by atoms with van der Waals surface area (Å²) in [5, 5.41) is 3.38. The van der Waals surface area contributed by atoms with E-state index in [0.717, 1.165) is 18.7 Å². The summed E-state index contributed by atoms with van der Waals surface area (Å²) in [5.74, 6) is 0.189. The third-order valence-corrected chi connectivity index (χ3v) is 3.67. The molecule has 3 rings (SSSR count). The van der Waals surface area contributed by atoms with Crippen LogP contribution in [0, 0.1) is 5.82 Å². The van der Waals surface area contributed by atoms with Gasteiger partial charge in [0.2, 0.25) is 0 Å². The Morgan fingerprint density at radius 1 is 1.21 bits per heavy atom. The van der Waals surface area contributed by atoms with Crippen molar-refractivity contribution in [1.82, 2.24) is 5.32 Å². The quantitative estimate of drug-likeness (QED) is 0.892. The summed E-state index contributed by atoms with van der Waals surface area (Å²) in [4.78, 5) is 0. The van der Waals surface area contributed by atoms with Gasteiger partial charge in [0.25, 0.3) is 0 Å². The number of benzene rings is 2. The van der Waals surface area contributed by atoms with Gasteiger partial charge < -0.3 is 10.1 Å². The summed E-state index contributed by atoms with van der Waals surface area (Å²) in [6.45, 7) is 1.72. The second-order valence-electron chi connectivity index (χ2n) is 4.78. The van der Waals surface area contributed by atoms with Gasteiger partial charge in [-0.2, -0.15) is 0 Å². The first-order valence-electron chi connectivity index (χ1n) is 6.41. The fourth-order valence-corrected chi connectivity index (χ4v) is 2.69. The molecule has 1 aliphatic heterocycles. The van der Waals surface area contributed by atoms with Crippen molar-refractivity contribution in [3.63, 3.8) is 0 Å². The van der Waals surface area contributed by atoms with E-state index in [9.17, 15) is 4.39 Å². The van der Waals surface area contributed by atoms with Crippen molar-refractivity contribution in [3.8, 4) is 5.75 Å². The van der Waals surface area contributed by atoms with Crippen LogP contribution in [0.1, 0.15) is 22.6 Å². The van der Waals surface area contributed by atoms with Crippen molar-refractivity contribution in [2.45, 2.75) is 12.5 Å². The molecule has 0 spiro atoms. The fraction of sp³-hybridized carbons (Fsp3) is 0.250. The second kappa shape index (κ2) is 5.02. The highest BCUT2D eigenvalue weighted by molar-refractivity contribution is 5.42. The smallest absolute Gasteiger partial charge is 0.165 e. The predicted molar refractivity (Wildman–Crippen MR) is 72.9 cm³/mol. The third kappa shape index (κ3) is 2.22. The van der Waals surface area contributed by atoms with Gasteiger partial charge in [0.15, 0.2) is 11.6 Å². The van der Waals surface area contributed by atoms with Gasteiger partial charge in [-0.05, 0) is 28.8 Å². The minimum atomic E-state index is -0.303. The molecule has 2 aromatic rings. The van der Waals surface area contributed by atoms with Crippen LogP contribution in [0.4, 0.5) is 4.39 Å². The van der Waals surface area contributed by atoms with E-state index in [0.29, 0.717) is 5.75 Å². The van der Waals surface area contributed by atoms with Crippen molar-refractivity contribution in [1.29, 1.82) is 0 Å². The maximum Gasteiger partial charge on any atom is 0.165 e. The van der Waals surface area contributed by atoms with Gasteiger partial charge >= 0.3 is 0 Å². The largest absolute Gasteiger partial charge is 0.494 e. The molecule has 2 nitrogen and oxygen atoms in total. The van der Waals surface area contributed by atoms with Gasteiger partial charge in [0, 0.05) is 19.0 Å². The summed E-state index contributed by atoms with van der Waals surface area (Å²) in [7, 11) is 1.48. The zero-order chi connectivity index (χ0) is 13.2. The van der Waals surface area contributed by atoms with Crippen LogP contribution in [0.25, 0.3) is 0 Å². The molecule has 1 atom stereocenters. The van der Waals surface area contributed by atoms with E-state index in [1.807, 2.05) is 18.2 Å². The zero-order valence-corrected chi connectivity index (χ0v) is 10.8. The molecule has 19 heavy (non-hydrogen) atoms. The molecule has 0 amide bonds. The predicted octanol–water partition coefficient (Wildman–Crippen LogP) is 3.07. The van der Waals surface area contributed by atoms with Crippen molar-refractivity contribution in [2.24, 2.45) is 0 Å². The highest BCUT2D eigenvalue weighted by atomic mass is 19.1. The van der Waals surface area contributed by atoms with Crippen LogP contribution in [0.3, 0.4) is 0 Å². The Morgan fingerprint density at radius 3 is 2.84 bits per heavy atom. The summed E-state index contributed by atoms with van der Waals surface area (Å²) < 4.78 is 18.8. The first-order chi connectivity index (χ1) is 9.29. The van der Waals surface area contributed by atoms with Crippen molar-refractivity contribution in [2.75, 3.05) is 13.7 Å². The lowest BCUT2D eigenvalue weighted by molar-refractivity contribution is 0.386. The van der Waals surface area contributed by atoms with Crippen molar-refractivity contribution in [3.05, 3.63) is 65.0 Å². The van der Waals surface area contributed by atoms with Crippen LogP contribution in [0.2, 0.25) is 0 Å². The summed E-state index contributed by atoms with van der Waals surface area (Å²) in [6, 6.07) is 13.5. The molecule has 3 heteroatoms. The van der Waals surface area contributed by atoms with E-state index in [-0.39, 0.29) is 11.7 Å². The van der Waals surface area contributed by atoms with E-state index >= 15 is 0 Å². The molecule has 0 aromatic heterocycles. The number of rotatable bonds is 2. The maximum absolute atomic E-state index is 13.8. The molecular formula is C16H16FNO. The Hall–Kier alpha value is -1.87. The molecule has 1 aliphatic rings. The van der Waals surface area contributed by atoms with E-state index in [2.05, 4.69) is 17.4 Å². The standard InChI is InChI=1S/C16H16FNO/c1-19-16-7-6-11(8-15(16)17)14-10-18-9-12-4-2-3-5-13(12)14/h2-8,14,18H,9-10H2,1H3. The number of hydrogen-bond acceptors (Lipinski definition) is 2. The Kier molecular flexibility index (Phi) is 3.22. The van der Waals surface area contributed by atoms with Gasteiger partial charge in [0.1, 0.15) is 0 Å². The topological polar surface area (TPSA) is 21.3 Å². The van der Waals surface area contributed by atoms with E-state index < -0.39 is 0 Å². The van der Waals surface area contributed by atoms with Crippen molar-refractivity contribution < 1.29 is 9.13 Å². The number of fused-ring (bicyclic) bond motifs is 1. The normalized spacial score (nSPS) is 17.9. The summed E-state index contributed by atoms with van der Waals surface area (Å²) >= 11 is 0.